The third kappa shape index (κ3) is 3.66. The van der Waals surface area contributed by atoms with Gasteiger partial charge in [-0.3, -0.25) is 9.20 Å². The van der Waals surface area contributed by atoms with Crippen molar-refractivity contribution in [1.29, 1.82) is 0 Å². The summed E-state index contributed by atoms with van der Waals surface area (Å²) in [6.45, 7) is 2.93. The van der Waals surface area contributed by atoms with Crippen molar-refractivity contribution in [1.82, 2.24) is 14.0 Å². The summed E-state index contributed by atoms with van der Waals surface area (Å²) < 4.78 is 9.80. The van der Waals surface area contributed by atoms with Crippen molar-refractivity contribution in [3.63, 3.8) is 0 Å². The zero-order valence-electron chi connectivity index (χ0n) is 17.2. The maximum absolute atomic E-state index is 13.0. The van der Waals surface area contributed by atoms with Crippen molar-refractivity contribution in [2.24, 2.45) is 0 Å². The normalized spacial score (nSPS) is 11.5. The second-order valence-corrected chi connectivity index (χ2v) is 8.11. The first-order valence-corrected chi connectivity index (χ1v) is 10.9. The van der Waals surface area contributed by atoms with Crippen LogP contribution in [0.3, 0.4) is 0 Å². The number of nitrogens with zero attached hydrogens (tertiary/aromatic N) is 3. The van der Waals surface area contributed by atoms with Crippen LogP contribution in [0.15, 0.2) is 76.1 Å². The zero-order chi connectivity index (χ0) is 21.4. The van der Waals surface area contributed by atoms with Crippen LogP contribution in [0, 0.1) is 0 Å². The van der Waals surface area contributed by atoms with Gasteiger partial charge in [0.1, 0.15) is 5.58 Å². The summed E-state index contributed by atoms with van der Waals surface area (Å²) in [5.41, 5.74) is 3.07. The molecule has 5 nitrogen and oxygen atoms in total. The molecule has 0 atom stereocenters. The minimum absolute atomic E-state index is 0.134. The molecule has 31 heavy (non-hydrogen) atoms. The number of furan rings is 1. The van der Waals surface area contributed by atoms with Gasteiger partial charge in [0.2, 0.25) is 5.78 Å². The van der Waals surface area contributed by atoms with Crippen molar-refractivity contribution >= 4 is 28.3 Å². The number of para-hydroxylation sites is 1. The monoisotopic (exact) mass is 431 g/mol. The summed E-state index contributed by atoms with van der Waals surface area (Å²) in [7, 11) is 0. The maximum atomic E-state index is 13.0. The van der Waals surface area contributed by atoms with Crippen LogP contribution in [0.4, 0.5) is 0 Å². The van der Waals surface area contributed by atoms with E-state index < -0.39 is 0 Å². The standard InChI is InChI=1S/C25H22ClN3O2/c1-2-3-6-13-28-21(23-14-18-7-4-5-8-22(18)31-23)15-24(30)29-16-20(27-25(28)29)17-9-11-19(26)12-10-17/h4-5,7-12,14-16H,2-3,6,13H2,1H3. The smallest absolute Gasteiger partial charge is 0.259 e. The molecule has 0 spiro atoms. The molecule has 0 aliphatic carbocycles. The minimum Gasteiger partial charge on any atom is -0.455 e. The Hall–Kier alpha value is -3.31. The Morgan fingerprint density at radius 1 is 1.03 bits per heavy atom. The van der Waals surface area contributed by atoms with E-state index in [0.717, 1.165) is 53.7 Å². The number of fused-ring (bicyclic) bond motifs is 2. The van der Waals surface area contributed by atoms with Crippen LogP contribution in [0.25, 0.3) is 39.5 Å². The minimum atomic E-state index is -0.134. The van der Waals surface area contributed by atoms with Gasteiger partial charge in [-0.25, -0.2) is 4.98 Å². The highest BCUT2D eigenvalue weighted by Crippen LogP contribution is 2.29. The SMILES string of the molecule is CCCCCn1c(-c2cc3ccccc3o2)cc(=O)n2cc(-c3ccc(Cl)cc3)nc12. The Labute approximate surface area is 184 Å². The molecule has 0 bridgehead atoms. The van der Waals surface area contributed by atoms with Gasteiger partial charge < -0.3 is 8.98 Å². The summed E-state index contributed by atoms with van der Waals surface area (Å²) in [6.07, 6.45) is 4.99. The molecule has 0 amide bonds. The topological polar surface area (TPSA) is 52.4 Å². The van der Waals surface area contributed by atoms with E-state index in [9.17, 15) is 4.79 Å². The number of rotatable bonds is 6. The van der Waals surface area contributed by atoms with Crippen molar-refractivity contribution in [3.05, 3.63) is 82.2 Å². The highest BCUT2D eigenvalue weighted by molar-refractivity contribution is 6.30. The fourth-order valence-corrected chi connectivity index (χ4v) is 4.03. The number of aromatic nitrogens is 3. The summed E-state index contributed by atoms with van der Waals surface area (Å²) in [6, 6.07) is 19.0. The maximum Gasteiger partial charge on any atom is 0.259 e. The zero-order valence-corrected chi connectivity index (χ0v) is 18.0. The van der Waals surface area contributed by atoms with Crippen molar-refractivity contribution in [2.75, 3.05) is 0 Å². The van der Waals surface area contributed by atoms with Crippen LogP contribution in [-0.2, 0) is 6.54 Å². The molecule has 0 N–H and O–H groups in total. The molecule has 0 saturated carbocycles. The molecule has 5 aromatic rings. The van der Waals surface area contributed by atoms with E-state index in [4.69, 9.17) is 21.0 Å². The number of imidazole rings is 1. The van der Waals surface area contributed by atoms with Gasteiger partial charge in [0.05, 0.1) is 11.4 Å². The second-order valence-electron chi connectivity index (χ2n) is 7.68. The van der Waals surface area contributed by atoms with E-state index in [1.807, 2.05) is 54.6 Å². The Balaban J connectivity index is 1.71. The van der Waals surface area contributed by atoms with Gasteiger partial charge in [0.15, 0.2) is 5.76 Å². The molecule has 6 heteroatoms. The molecule has 2 aromatic carbocycles. The van der Waals surface area contributed by atoms with Gasteiger partial charge in [-0.05, 0) is 30.7 Å². The lowest BCUT2D eigenvalue weighted by molar-refractivity contribution is 0.583. The number of aryl methyl sites for hydroxylation is 1. The third-order valence-electron chi connectivity index (χ3n) is 5.52. The third-order valence-corrected chi connectivity index (χ3v) is 5.77. The second kappa shape index (κ2) is 8.08. The van der Waals surface area contributed by atoms with E-state index in [0.29, 0.717) is 16.6 Å². The first-order chi connectivity index (χ1) is 15.1. The van der Waals surface area contributed by atoms with Gasteiger partial charge in [-0.1, -0.05) is 61.7 Å². The van der Waals surface area contributed by atoms with Gasteiger partial charge in [0.25, 0.3) is 5.56 Å². The van der Waals surface area contributed by atoms with Crippen LogP contribution in [0.1, 0.15) is 26.2 Å². The molecule has 3 aromatic heterocycles. The van der Waals surface area contributed by atoms with E-state index in [-0.39, 0.29) is 5.56 Å². The lowest BCUT2D eigenvalue weighted by Crippen LogP contribution is -2.18. The molecule has 3 heterocycles. The number of halogens is 1. The lowest BCUT2D eigenvalue weighted by atomic mass is 10.2. The first kappa shape index (κ1) is 19.6. The number of benzene rings is 2. The van der Waals surface area contributed by atoms with Gasteiger partial charge >= 0.3 is 0 Å². The number of unbranched alkanes of at least 4 members (excludes halogenated alkanes) is 2. The Morgan fingerprint density at radius 3 is 2.61 bits per heavy atom. The molecular formula is C25H22ClN3O2. The molecule has 0 aliphatic rings. The number of hydrogen-bond acceptors (Lipinski definition) is 3. The van der Waals surface area contributed by atoms with Crippen LogP contribution in [0.2, 0.25) is 5.02 Å². The average Bonchev–Trinajstić information content (AvgIpc) is 3.41. The van der Waals surface area contributed by atoms with Crippen LogP contribution in [0.5, 0.6) is 0 Å². The molecule has 0 radical (unpaired) electrons. The lowest BCUT2D eigenvalue weighted by Gasteiger charge is -2.13. The van der Waals surface area contributed by atoms with Crippen molar-refractivity contribution < 1.29 is 4.42 Å². The van der Waals surface area contributed by atoms with Gasteiger partial charge in [-0.2, -0.15) is 0 Å². The summed E-state index contributed by atoms with van der Waals surface area (Å²) in [5.74, 6) is 1.29. The van der Waals surface area contributed by atoms with Crippen molar-refractivity contribution in [2.45, 2.75) is 32.7 Å². The predicted molar refractivity (Wildman–Crippen MR) is 125 cm³/mol. The average molecular weight is 432 g/mol. The van der Waals surface area contributed by atoms with Crippen LogP contribution >= 0.6 is 11.6 Å². The molecule has 156 valence electrons. The molecule has 0 saturated heterocycles. The van der Waals surface area contributed by atoms with Crippen LogP contribution in [-0.4, -0.2) is 14.0 Å². The molecule has 0 fully saturated rings. The molecule has 0 unspecified atom stereocenters. The summed E-state index contributed by atoms with van der Waals surface area (Å²) in [4.78, 5) is 17.8. The van der Waals surface area contributed by atoms with E-state index in [2.05, 4.69) is 11.5 Å². The van der Waals surface area contributed by atoms with Crippen molar-refractivity contribution in [3.8, 4) is 22.7 Å². The molecular weight excluding hydrogens is 410 g/mol. The predicted octanol–water partition coefficient (Wildman–Crippen LogP) is 6.42. The number of hydrogen-bond donors (Lipinski definition) is 0. The quantitative estimate of drug-likeness (QED) is 0.291. The van der Waals surface area contributed by atoms with E-state index in [1.54, 1.807) is 16.7 Å². The van der Waals surface area contributed by atoms with E-state index >= 15 is 0 Å². The Kier molecular flexibility index (Phi) is 5.12. The highest BCUT2D eigenvalue weighted by Gasteiger charge is 2.17. The largest absolute Gasteiger partial charge is 0.455 e. The fourth-order valence-electron chi connectivity index (χ4n) is 3.91. The molecule has 5 rings (SSSR count). The molecule has 0 aliphatic heterocycles. The first-order valence-electron chi connectivity index (χ1n) is 10.5. The van der Waals surface area contributed by atoms with Gasteiger partial charge in [0, 0.05) is 34.8 Å². The van der Waals surface area contributed by atoms with Crippen LogP contribution < -0.4 is 5.56 Å². The Bertz CT molecular complexity index is 1390. The van der Waals surface area contributed by atoms with Gasteiger partial charge in [-0.15, -0.1) is 0 Å². The fraction of sp³-hybridized carbons (Fsp3) is 0.200. The van der Waals surface area contributed by atoms with E-state index in [1.165, 1.54) is 0 Å². The highest BCUT2D eigenvalue weighted by atomic mass is 35.5. The Morgan fingerprint density at radius 2 is 1.84 bits per heavy atom. The summed E-state index contributed by atoms with van der Waals surface area (Å²) >= 11 is 6.03. The summed E-state index contributed by atoms with van der Waals surface area (Å²) in [5, 5.41) is 1.67.